The molecular formula is C13H12F6O2. The molecule has 21 heavy (non-hydrogen) atoms. The Balaban J connectivity index is 2.69. The maximum Gasteiger partial charge on any atom is 0.305 e. The maximum atomic E-state index is 13.5. The van der Waals surface area contributed by atoms with Crippen molar-refractivity contribution < 1.29 is 35.8 Å². The van der Waals surface area contributed by atoms with E-state index in [2.05, 4.69) is 4.74 Å². The molecule has 0 fully saturated rings. The van der Waals surface area contributed by atoms with Gasteiger partial charge in [0.15, 0.2) is 11.5 Å². The van der Waals surface area contributed by atoms with Gasteiger partial charge in [0, 0.05) is 0 Å². The molecule has 0 amide bonds. The highest BCUT2D eigenvalue weighted by atomic mass is 19.3. The van der Waals surface area contributed by atoms with Gasteiger partial charge < -0.3 is 9.47 Å². The average Bonchev–Trinajstić information content (AvgIpc) is 2.46. The maximum absolute atomic E-state index is 13.5. The third-order valence-electron chi connectivity index (χ3n) is 2.36. The molecule has 0 saturated carbocycles. The van der Waals surface area contributed by atoms with Crippen LogP contribution in [0.3, 0.4) is 0 Å². The monoisotopic (exact) mass is 314 g/mol. The number of rotatable bonds is 8. The van der Waals surface area contributed by atoms with Crippen LogP contribution in [0.25, 0.3) is 0 Å². The van der Waals surface area contributed by atoms with Crippen LogP contribution in [0, 0.1) is 11.6 Å². The smallest absolute Gasteiger partial charge is 0.305 e. The minimum absolute atomic E-state index is 0.00902. The highest BCUT2D eigenvalue weighted by Crippen LogP contribution is 2.28. The lowest BCUT2D eigenvalue weighted by atomic mass is 10.3. The summed E-state index contributed by atoms with van der Waals surface area (Å²) < 4.78 is 84.3. The molecular weight excluding hydrogens is 302 g/mol. The molecule has 0 N–H and O–H groups in total. The second-order valence-electron chi connectivity index (χ2n) is 3.89. The van der Waals surface area contributed by atoms with Crippen molar-refractivity contribution in [1.82, 2.24) is 0 Å². The fourth-order valence-electron chi connectivity index (χ4n) is 1.31. The van der Waals surface area contributed by atoms with E-state index in [1.807, 2.05) is 0 Å². The van der Waals surface area contributed by atoms with E-state index in [0.717, 1.165) is 12.1 Å². The number of ether oxygens (including phenoxy) is 2. The van der Waals surface area contributed by atoms with E-state index < -0.39 is 48.3 Å². The van der Waals surface area contributed by atoms with Crippen molar-refractivity contribution in [3.8, 4) is 11.5 Å². The number of benzene rings is 1. The SMILES string of the molecule is FCCCCOc1ccc(OCC(F)=C(F)F)c(F)c1F. The molecule has 0 saturated heterocycles. The van der Waals surface area contributed by atoms with Gasteiger partial charge in [0.05, 0.1) is 13.3 Å². The zero-order chi connectivity index (χ0) is 15.8. The number of alkyl halides is 1. The molecule has 0 heterocycles. The van der Waals surface area contributed by atoms with E-state index in [1.165, 1.54) is 0 Å². The van der Waals surface area contributed by atoms with Gasteiger partial charge in [-0.25, -0.2) is 4.39 Å². The van der Waals surface area contributed by atoms with Crippen molar-refractivity contribution in [3.63, 3.8) is 0 Å². The van der Waals surface area contributed by atoms with E-state index in [0.29, 0.717) is 6.42 Å². The molecule has 118 valence electrons. The molecule has 0 aliphatic heterocycles. The van der Waals surface area contributed by atoms with Crippen molar-refractivity contribution >= 4 is 0 Å². The van der Waals surface area contributed by atoms with Gasteiger partial charge in [0.2, 0.25) is 17.5 Å². The van der Waals surface area contributed by atoms with Crippen LogP contribution in [0.4, 0.5) is 26.3 Å². The normalized spacial score (nSPS) is 10.4. The summed E-state index contributed by atoms with van der Waals surface area (Å²) in [6.07, 6.45) is -2.04. The Labute approximate surface area is 117 Å². The first-order valence-electron chi connectivity index (χ1n) is 5.96. The predicted molar refractivity (Wildman–Crippen MR) is 62.9 cm³/mol. The Morgan fingerprint density at radius 2 is 1.48 bits per heavy atom. The topological polar surface area (TPSA) is 18.5 Å². The second-order valence-corrected chi connectivity index (χ2v) is 3.89. The lowest BCUT2D eigenvalue weighted by Gasteiger charge is -2.10. The first-order chi connectivity index (χ1) is 9.97. The van der Waals surface area contributed by atoms with Crippen molar-refractivity contribution in [2.75, 3.05) is 19.9 Å². The van der Waals surface area contributed by atoms with Gasteiger partial charge in [-0.15, -0.1) is 0 Å². The van der Waals surface area contributed by atoms with Crippen molar-refractivity contribution in [2.45, 2.75) is 12.8 Å². The first kappa shape index (κ1) is 17.2. The lowest BCUT2D eigenvalue weighted by Crippen LogP contribution is -2.05. The third kappa shape index (κ3) is 5.20. The zero-order valence-corrected chi connectivity index (χ0v) is 10.8. The summed E-state index contributed by atoms with van der Waals surface area (Å²) >= 11 is 0. The van der Waals surface area contributed by atoms with E-state index in [1.54, 1.807) is 0 Å². The fraction of sp³-hybridized carbons (Fsp3) is 0.385. The molecule has 0 spiro atoms. The van der Waals surface area contributed by atoms with Crippen LogP contribution in [0.2, 0.25) is 0 Å². The summed E-state index contributed by atoms with van der Waals surface area (Å²) in [4.78, 5) is 0. The van der Waals surface area contributed by atoms with Gasteiger partial charge in [0.25, 0.3) is 0 Å². The molecule has 0 unspecified atom stereocenters. The molecule has 1 aromatic rings. The largest absolute Gasteiger partial charge is 0.490 e. The molecule has 0 aliphatic carbocycles. The van der Waals surface area contributed by atoms with Gasteiger partial charge in [-0.05, 0) is 25.0 Å². The highest BCUT2D eigenvalue weighted by molar-refractivity contribution is 5.35. The quantitative estimate of drug-likeness (QED) is 0.518. The molecule has 0 bridgehead atoms. The van der Waals surface area contributed by atoms with E-state index in [-0.39, 0.29) is 13.0 Å². The van der Waals surface area contributed by atoms with E-state index in [4.69, 9.17) is 4.74 Å². The van der Waals surface area contributed by atoms with E-state index in [9.17, 15) is 26.3 Å². The van der Waals surface area contributed by atoms with Crippen LogP contribution in [0.1, 0.15) is 12.8 Å². The van der Waals surface area contributed by atoms with Crippen LogP contribution < -0.4 is 9.47 Å². The number of unbranched alkanes of at least 4 members (excludes halogenated alkanes) is 1. The summed E-state index contributed by atoms with van der Waals surface area (Å²) in [7, 11) is 0. The summed E-state index contributed by atoms with van der Waals surface area (Å²) in [5, 5.41) is 0. The Morgan fingerprint density at radius 1 is 0.905 bits per heavy atom. The predicted octanol–water partition coefficient (Wildman–Crippen LogP) is 4.55. The summed E-state index contributed by atoms with van der Waals surface area (Å²) in [5.74, 6) is -5.89. The number of hydrogen-bond acceptors (Lipinski definition) is 2. The Kier molecular flexibility index (Phi) is 6.90. The molecule has 8 heteroatoms. The molecule has 0 aliphatic rings. The van der Waals surface area contributed by atoms with Gasteiger partial charge in [-0.1, -0.05) is 0 Å². The Morgan fingerprint density at radius 3 is 2.00 bits per heavy atom. The molecule has 0 aromatic heterocycles. The van der Waals surface area contributed by atoms with Gasteiger partial charge in [0.1, 0.15) is 6.61 Å². The van der Waals surface area contributed by atoms with Crippen LogP contribution in [0.15, 0.2) is 24.0 Å². The van der Waals surface area contributed by atoms with Gasteiger partial charge in [-0.3, -0.25) is 4.39 Å². The standard InChI is InChI=1S/C13H12F6O2/c14-5-1-2-6-20-9-3-4-10(12(17)11(9)16)21-7-8(15)13(18)19/h3-4H,1-2,5-7H2. The first-order valence-corrected chi connectivity index (χ1v) is 5.96. The summed E-state index contributed by atoms with van der Waals surface area (Å²) in [5.41, 5.74) is 0. The van der Waals surface area contributed by atoms with Gasteiger partial charge >= 0.3 is 6.08 Å². The second kappa shape index (κ2) is 8.43. The van der Waals surface area contributed by atoms with Crippen LogP contribution in [-0.2, 0) is 0 Å². The minimum atomic E-state index is -2.59. The van der Waals surface area contributed by atoms with Crippen molar-refractivity contribution in [3.05, 3.63) is 35.7 Å². The summed E-state index contributed by atoms with van der Waals surface area (Å²) in [6.45, 7) is -1.77. The molecule has 0 atom stereocenters. The molecule has 1 aromatic carbocycles. The van der Waals surface area contributed by atoms with Crippen LogP contribution >= 0.6 is 0 Å². The molecule has 2 nitrogen and oxygen atoms in total. The molecule has 0 radical (unpaired) electrons. The molecule has 1 rings (SSSR count). The van der Waals surface area contributed by atoms with Crippen molar-refractivity contribution in [2.24, 2.45) is 0 Å². The number of hydrogen-bond donors (Lipinski definition) is 0. The lowest BCUT2D eigenvalue weighted by molar-refractivity contribution is 0.261. The Bertz CT molecular complexity index is 500. The zero-order valence-electron chi connectivity index (χ0n) is 10.8. The number of halogens is 6. The summed E-state index contributed by atoms with van der Waals surface area (Å²) in [6, 6.07) is 1.93. The minimum Gasteiger partial charge on any atom is -0.490 e. The van der Waals surface area contributed by atoms with Crippen LogP contribution in [0.5, 0.6) is 11.5 Å². The van der Waals surface area contributed by atoms with Crippen LogP contribution in [-0.4, -0.2) is 19.9 Å². The Hall–Kier alpha value is -1.86. The van der Waals surface area contributed by atoms with Gasteiger partial charge in [-0.2, -0.15) is 17.6 Å². The highest BCUT2D eigenvalue weighted by Gasteiger charge is 2.17. The average molecular weight is 314 g/mol. The third-order valence-corrected chi connectivity index (χ3v) is 2.36. The van der Waals surface area contributed by atoms with Crippen molar-refractivity contribution in [1.29, 1.82) is 0 Å². The van der Waals surface area contributed by atoms with E-state index >= 15 is 0 Å². The fourth-order valence-corrected chi connectivity index (χ4v) is 1.31.